The predicted octanol–water partition coefficient (Wildman–Crippen LogP) is 2.47. The first-order valence-corrected chi connectivity index (χ1v) is 8.36. The van der Waals surface area contributed by atoms with Gasteiger partial charge in [0, 0.05) is 37.9 Å². The van der Waals surface area contributed by atoms with Crippen molar-refractivity contribution in [3.8, 4) is 0 Å². The van der Waals surface area contributed by atoms with E-state index in [1.54, 1.807) is 18.6 Å². The summed E-state index contributed by atoms with van der Waals surface area (Å²) in [6.07, 6.45) is 7.38. The Morgan fingerprint density at radius 1 is 1.20 bits per heavy atom. The lowest BCUT2D eigenvalue weighted by atomic mass is 10.0. The van der Waals surface area contributed by atoms with E-state index in [1.807, 2.05) is 0 Å². The molecule has 2 aromatic rings. The second-order valence-electron chi connectivity index (χ2n) is 6.14. The number of amides is 1. The molecule has 1 aliphatic heterocycles. The average molecular weight is 346 g/mol. The Balaban J connectivity index is 1.42. The standard InChI is InChI=1S/C18H20F2N4O/c19-15-3-1-13(11-16(15)20)2-4-18(25)23-14-5-9-24(10-6-14)17-12-21-7-8-22-17/h1,3,7-8,11-12,14H,2,4-6,9-10H2,(H,23,25). The molecule has 1 aliphatic rings. The van der Waals surface area contributed by atoms with Crippen molar-refractivity contribution in [3.05, 3.63) is 54.0 Å². The van der Waals surface area contributed by atoms with Crippen molar-refractivity contribution in [1.82, 2.24) is 15.3 Å². The summed E-state index contributed by atoms with van der Waals surface area (Å²) in [6.45, 7) is 1.62. The Bertz CT molecular complexity index is 718. The Kier molecular flexibility index (Phi) is 5.53. The number of benzene rings is 1. The van der Waals surface area contributed by atoms with Gasteiger partial charge >= 0.3 is 0 Å². The second kappa shape index (κ2) is 8.00. The predicted molar refractivity (Wildman–Crippen MR) is 90.1 cm³/mol. The van der Waals surface area contributed by atoms with Crippen LogP contribution in [-0.2, 0) is 11.2 Å². The first-order chi connectivity index (χ1) is 12.1. The lowest BCUT2D eigenvalue weighted by Crippen LogP contribution is -2.45. The quantitative estimate of drug-likeness (QED) is 0.904. The summed E-state index contributed by atoms with van der Waals surface area (Å²) in [5.41, 5.74) is 0.617. The highest BCUT2D eigenvalue weighted by molar-refractivity contribution is 5.76. The number of aryl methyl sites for hydroxylation is 1. The van der Waals surface area contributed by atoms with E-state index >= 15 is 0 Å². The van der Waals surface area contributed by atoms with Crippen LogP contribution < -0.4 is 10.2 Å². The maximum absolute atomic E-state index is 13.2. The van der Waals surface area contributed by atoms with E-state index in [0.29, 0.717) is 12.0 Å². The molecule has 25 heavy (non-hydrogen) atoms. The van der Waals surface area contributed by atoms with Crippen LogP contribution in [0.4, 0.5) is 14.6 Å². The molecule has 0 bridgehead atoms. The van der Waals surface area contributed by atoms with Gasteiger partial charge in [-0.05, 0) is 37.0 Å². The van der Waals surface area contributed by atoms with E-state index in [1.165, 1.54) is 6.07 Å². The minimum absolute atomic E-state index is 0.0670. The molecule has 5 nitrogen and oxygen atoms in total. The summed E-state index contributed by atoms with van der Waals surface area (Å²) in [7, 11) is 0. The van der Waals surface area contributed by atoms with Crippen molar-refractivity contribution in [2.75, 3.05) is 18.0 Å². The minimum atomic E-state index is -0.880. The summed E-state index contributed by atoms with van der Waals surface area (Å²) in [5.74, 6) is -0.967. The molecule has 0 atom stereocenters. The molecule has 0 saturated carbocycles. The molecule has 1 N–H and O–H groups in total. The number of nitrogens with zero attached hydrogens (tertiary/aromatic N) is 3. The third kappa shape index (κ3) is 4.71. The van der Waals surface area contributed by atoms with E-state index in [9.17, 15) is 13.6 Å². The van der Waals surface area contributed by atoms with Gasteiger partial charge in [-0.3, -0.25) is 9.78 Å². The Morgan fingerprint density at radius 2 is 2.00 bits per heavy atom. The maximum Gasteiger partial charge on any atom is 0.220 e. The number of carbonyl (C=O) groups excluding carboxylic acids is 1. The van der Waals surface area contributed by atoms with Gasteiger partial charge < -0.3 is 10.2 Å². The summed E-state index contributed by atoms with van der Waals surface area (Å²) < 4.78 is 26.1. The number of carbonyl (C=O) groups is 1. The molecule has 1 saturated heterocycles. The molecule has 2 heterocycles. The lowest BCUT2D eigenvalue weighted by Gasteiger charge is -2.32. The van der Waals surface area contributed by atoms with Crippen molar-refractivity contribution in [1.29, 1.82) is 0 Å². The van der Waals surface area contributed by atoms with Crippen LogP contribution in [-0.4, -0.2) is 35.0 Å². The van der Waals surface area contributed by atoms with Crippen LogP contribution in [0, 0.1) is 11.6 Å². The second-order valence-corrected chi connectivity index (χ2v) is 6.14. The molecule has 7 heteroatoms. The Hall–Kier alpha value is -2.57. The van der Waals surface area contributed by atoms with Crippen LogP contribution in [0.2, 0.25) is 0 Å². The number of aromatic nitrogens is 2. The third-order valence-electron chi connectivity index (χ3n) is 4.36. The van der Waals surface area contributed by atoms with E-state index in [2.05, 4.69) is 20.2 Å². The number of anilines is 1. The highest BCUT2D eigenvalue weighted by Crippen LogP contribution is 2.17. The smallest absolute Gasteiger partial charge is 0.220 e. The molecule has 0 aliphatic carbocycles. The van der Waals surface area contributed by atoms with Crippen LogP contribution in [0.1, 0.15) is 24.8 Å². The van der Waals surface area contributed by atoms with Crippen LogP contribution in [0.5, 0.6) is 0 Å². The SMILES string of the molecule is O=C(CCc1ccc(F)c(F)c1)NC1CCN(c2cnccn2)CC1. The molecule has 1 aromatic carbocycles. The first kappa shape index (κ1) is 17.3. The first-order valence-electron chi connectivity index (χ1n) is 8.36. The highest BCUT2D eigenvalue weighted by atomic mass is 19.2. The largest absolute Gasteiger partial charge is 0.355 e. The van der Waals surface area contributed by atoms with Gasteiger partial charge in [0.2, 0.25) is 5.91 Å². The number of hydrogen-bond acceptors (Lipinski definition) is 4. The molecule has 1 amide bonds. The van der Waals surface area contributed by atoms with E-state index in [0.717, 1.165) is 43.9 Å². The van der Waals surface area contributed by atoms with Gasteiger partial charge in [0.15, 0.2) is 11.6 Å². The Morgan fingerprint density at radius 3 is 2.68 bits per heavy atom. The fourth-order valence-corrected chi connectivity index (χ4v) is 2.96. The molecule has 1 aromatic heterocycles. The van der Waals surface area contributed by atoms with E-state index in [4.69, 9.17) is 0 Å². The summed E-state index contributed by atoms with van der Waals surface area (Å²) in [5, 5.41) is 3.02. The molecule has 0 radical (unpaired) electrons. The minimum Gasteiger partial charge on any atom is -0.355 e. The van der Waals surface area contributed by atoms with Crippen molar-refractivity contribution in [3.63, 3.8) is 0 Å². The number of hydrogen-bond donors (Lipinski definition) is 1. The molecule has 1 fully saturated rings. The van der Waals surface area contributed by atoms with Crippen LogP contribution in [0.15, 0.2) is 36.8 Å². The van der Waals surface area contributed by atoms with Crippen molar-refractivity contribution in [2.45, 2.75) is 31.7 Å². The molecule has 3 rings (SSSR count). The van der Waals surface area contributed by atoms with Crippen LogP contribution >= 0.6 is 0 Å². The zero-order chi connectivity index (χ0) is 17.6. The molecule has 0 spiro atoms. The fraction of sp³-hybridized carbons (Fsp3) is 0.389. The number of piperidine rings is 1. The fourth-order valence-electron chi connectivity index (χ4n) is 2.96. The van der Waals surface area contributed by atoms with Gasteiger partial charge in [-0.2, -0.15) is 0 Å². The van der Waals surface area contributed by atoms with Gasteiger partial charge in [-0.15, -0.1) is 0 Å². The number of rotatable bonds is 5. The topological polar surface area (TPSA) is 58.1 Å². The zero-order valence-electron chi connectivity index (χ0n) is 13.8. The molecule has 0 unspecified atom stereocenters. The number of nitrogens with one attached hydrogen (secondary N) is 1. The van der Waals surface area contributed by atoms with E-state index < -0.39 is 11.6 Å². The van der Waals surface area contributed by atoms with Crippen molar-refractivity contribution >= 4 is 11.7 Å². The summed E-state index contributed by atoms with van der Waals surface area (Å²) in [4.78, 5) is 22.6. The average Bonchev–Trinajstić information content (AvgIpc) is 2.64. The molecular formula is C18H20F2N4O. The molecular weight excluding hydrogens is 326 g/mol. The highest BCUT2D eigenvalue weighted by Gasteiger charge is 2.21. The van der Waals surface area contributed by atoms with Gasteiger partial charge in [0.05, 0.1) is 6.20 Å². The van der Waals surface area contributed by atoms with E-state index in [-0.39, 0.29) is 18.4 Å². The normalized spacial score (nSPS) is 15.2. The van der Waals surface area contributed by atoms with Gasteiger partial charge in [0.1, 0.15) is 5.82 Å². The van der Waals surface area contributed by atoms with Crippen molar-refractivity contribution in [2.24, 2.45) is 0 Å². The summed E-state index contributed by atoms with van der Waals surface area (Å²) >= 11 is 0. The van der Waals surface area contributed by atoms with Gasteiger partial charge in [-0.25, -0.2) is 13.8 Å². The Labute approximate surface area is 145 Å². The molecule has 132 valence electrons. The monoisotopic (exact) mass is 346 g/mol. The van der Waals surface area contributed by atoms with Crippen LogP contribution in [0.3, 0.4) is 0 Å². The lowest BCUT2D eigenvalue weighted by molar-refractivity contribution is -0.121. The van der Waals surface area contributed by atoms with Gasteiger partial charge in [-0.1, -0.05) is 6.07 Å². The van der Waals surface area contributed by atoms with Crippen LogP contribution in [0.25, 0.3) is 0 Å². The number of halogens is 2. The zero-order valence-corrected chi connectivity index (χ0v) is 13.8. The van der Waals surface area contributed by atoms with Gasteiger partial charge in [0.25, 0.3) is 0 Å². The summed E-state index contributed by atoms with van der Waals surface area (Å²) in [6, 6.07) is 3.86. The van der Waals surface area contributed by atoms with Crippen molar-refractivity contribution < 1.29 is 13.6 Å². The maximum atomic E-state index is 13.2. The third-order valence-corrected chi connectivity index (χ3v) is 4.36.